The first-order valence-electron chi connectivity index (χ1n) is 9.14. The number of ether oxygens (including phenoxy) is 1. The van der Waals surface area contributed by atoms with Gasteiger partial charge in [0.2, 0.25) is 0 Å². The second-order valence-corrected chi connectivity index (χ2v) is 7.22. The van der Waals surface area contributed by atoms with Crippen LogP contribution in [0, 0.1) is 0 Å². The van der Waals surface area contributed by atoms with Crippen molar-refractivity contribution in [1.82, 2.24) is 9.80 Å². The summed E-state index contributed by atoms with van der Waals surface area (Å²) in [4.78, 5) is 16.5. The molecule has 0 radical (unpaired) electrons. The van der Waals surface area contributed by atoms with Gasteiger partial charge < -0.3 is 19.6 Å². The molecule has 0 spiro atoms. The summed E-state index contributed by atoms with van der Waals surface area (Å²) < 4.78 is 5.59. The highest BCUT2D eigenvalue weighted by atomic mass is 35.5. The fourth-order valence-corrected chi connectivity index (χ4v) is 3.49. The Hall–Kier alpha value is -2.24. The quantitative estimate of drug-likeness (QED) is 0.813. The Kier molecular flexibility index (Phi) is 6.58. The van der Waals surface area contributed by atoms with Crippen molar-refractivity contribution in [2.75, 3.05) is 26.7 Å². The molecule has 1 heterocycles. The first-order chi connectivity index (χ1) is 13.1. The number of aliphatic hydroxyl groups is 1. The van der Waals surface area contributed by atoms with Gasteiger partial charge in [-0.05, 0) is 42.7 Å². The molecule has 1 saturated heterocycles. The number of nitrogens with zero attached hydrogens (tertiary/aromatic N) is 2. The van der Waals surface area contributed by atoms with Crippen LogP contribution < -0.4 is 4.74 Å². The van der Waals surface area contributed by atoms with Crippen LogP contribution in [-0.2, 0) is 11.4 Å². The summed E-state index contributed by atoms with van der Waals surface area (Å²) in [6, 6.07) is 7.37. The number of amides is 1. The van der Waals surface area contributed by atoms with Crippen molar-refractivity contribution in [2.24, 2.45) is 0 Å². The molecule has 1 N–H and O–H groups in total. The second kappa shape index (κ2) is 9.11. The molecule has 0 aromatic heterocycles. The van der Waals surface area contributed by atoms with Gasteiger partial charge in [0.25, 0.3) is 5.91 Å². The molecular weight excluding hydrogens is 364 g/mol. The molecule has 3 rings (SSSR count). The number of hydrogen-bond donors (Lipinski definition) is 1. The second-order valence-electron chi connectivity index (χ2n) is 6.78. The van der Waals surface area contributed by atoms with Crippen LogP contribution in [0.25, 0.3) is 0 Å². The summed E-state index contributed by atoms with van der Waals surface area (Å²) in [5, 5.41) is 9.78. The van der Waals surface area contributed by atoms with Gasteiger partial charge in [-0.25, -0.2) is 0 Å². The van der Waals surface area contributed by atoms with Crippen molar-refractivity contribution < 1.29 is 14.6 Å². The lowest BCUT2D eigenvalue weighted by molar-refractivity contribution is -0.132. The third kappa shape index (κ3) is 5.15. The summed E-state index contributed by atoms with van der Waals surface area (Å²) >= 11 is 6.18. The number of carbonyl (C=O) groups excluding carboxylic acids is 1. The first kappa shape index (κ1) is 19.5. The number of likely N-dealkylation sites (tertiary alicyclic amines) is 1. The Morgan fingerprint density at radius 1 is 1.37 bits per heavy atom. The smallest absolute Gasteiger partial charge is 0.260 e. The van der Waals surface area contributed by atoms with Crippen LogP contribution in [0.3, 0.4) is 0 Å². The largest absolute Gasteiger partial charge is 0.484 e. The van der Waals surface area contributed by atoms with Gasteiger partial charge in [0, 0.05) is 36.9 Å². The van der Waals surface area contributed by atoms with Gasteiger partial charge in [0.15, 0.2) is 6.61 Å². The molecule has 1 aliphatic carbocycles. The van der Waals surface area contributed by atoms with Crippen LogP contribution in [0.15, 0.2) is 59.3 Å². The van der Waals surface area contributed by atoms with Crippen molar-refractivity contribution >= 4 is 17.5 Å². The van der Waals surface area contributed by atoms with Crippen LogP contribution in [0.4, 0.5) is 0 Å². The lowest BCUT2D eigenvalue weighted by atomic mass is 10.2. The van der Waals surface area contributed by atoms with E-state index in [-0.39, 0.29) is 25.2 Å². The molecule has 1 aromatic rings. The lowest BCUT2D eigenvalue weighted by Crippen LogP contribution is -2.37. The van der Waals surface area contributed by atoms with Crippen molar-refractivity contribution in [2.45, 2.75) is 25.5 Å². The van der Waals surface area contributed by atoms with Gasteiger partial charge in [0.05, 0.1) is 6.61 Å². The SMILES string of the molecule is CN(C1=CCC=CC(Cl)=C1)C1CCN(C(=O)COc2ccc(CO)cc2)C1. The molecule has 5 nitrogen and oxygen atoms in total. The predicted octanol–water partition coefficient (Wildman–Crippen LogP) is 3.06. The number of benzene rings is 1. The molecule has 1 amide bonds. The zero-order valence-electron chi connectivity index (χ0n) is 15.5. The predicted molar refractivity (Wildman–Crippen MR) is 106 cm³/mol. The summed E-state index contributed by atoms with van der Waals surface area (Å²) in [6.45, 7) is 1.42. The van der Waals surface area contributed by atoms with Gasteiger partial charge in [-0.3, -0.25) is 4.79 Å². The zero-order valence-corrected chi connectivity index (χ0v) is 16.2. The average Bonchev–Trinajstić information content (AvgIpc) is 3.08. The minimum atomic E-state index is -0.0118. The molecule has 1 aliphatic heterocycles. The molecule has 1 atom stereocenters. The molecule has 27 heavy (non-hydrogen) atoms. The van der Waals surface area contributed by atoms with Crippen LogP contribution in [-0.4, -0.2) is 53.6 Å². The standard InChI is InChI=1S/C21H25ClN2O3/c1-23(18-5-3-2-4-17(22)12-18)19-10-11-24(13-19)21(26)15-27-20-8-6-16(14-25)7-9-20/h2,4-9,12,19,25H,3,10-11,13-15H2,1H3. The van der Waals surface area contributed by atoms with Gasteiger partial charge in [-0.1, -0.05) is 35.9 Å². The van der Waals surface area contributed by atoms with Crippen molar-refractivity contribution in [3.05, 3.63) is 64.9 Å². The highest BCUT2D eigenvalue weighted by molar-refractivity contribution is 6.31. The highest BCUT2D eigenvalue weighted by Crippen LogP contribution is 2.23. The summed E-state index contributed by atoms with van der Waals surface area (Å²) in [6.07, 6.45) is 9.83. The van der Waals surface area contributed by atoms with Crippen LogP contribution in [0.2, 0.25) is 0 Å². The third-order valence-electron chi connectivity index (χ3n) is 4.97. The number of hydrogen-bond acceptors (Lipinski definition) is 4. The molecule has 0 saturated carbocycles. The monoisotopic (exact) mass is 388 g/mol. The summed E-state index contributed by atoms with van der Waals surface area (Å²) in [5.74, 6) is 0.617. The first-order valence-corrected chi connectivity index (χ1v) is 9.51. The van der Waals surface area contributed by atoms with E-state index in [0.717, 1.165) is 35.7 Å². The average molecular weight is 389 g/mol. The minimum Gasteiger partial charge on any atom is -0.484 e. The maximum atomic E-state index is 12.5. The number of allylic oxidation sites excluding steroid dienone is 5. The van der Waals surface area contributed by atoms with E-state index in [1.165, 1.54) is 0 Å². The number of carbonyl (C=O) groups is 1. The maximum Gasteiger partial charge on any atom is 0.260 e. The number of likely N-dealkylation sites (N-methyl/N-ethyl adjacent to an activating group) is 1. The minimum absolute atomic E-state index is 0.00517. The summed E-state index contributed by atoms with van der Waals surface area (Å²) in [5.41, 5.74) is 1.90. The number of halogens is 1. The van der Waals surface area contributed by atoms with E-state index in [2.05, 4.69) is 18.0 Å². The van der Waals surface area contributed by atoms with E-state index in [4.69, 9.17) is 21.4 Å². The molecular formula is C21H25ClN2O3. The van der Waals surface area contributed by atoms with Crippen molar-refractivity contribution in [3.63, 3.8) is 0 Å². The van der Waals surface area contributed by atoms with Gasteiger partial charge in [0.1, 0.15) is 5.75 Å². The maximum absolute atomic E-state index is 12.5. The Bertz CT molecular complexity index is 755. The lowest BCUT2D eigenvalue weighted by Gasteiger charge is -2.28. The Morgan fingerprint density at radius 3 is 2.89 bits per heavy atom. The molecule has 144 valence electrons. The van der Waals surface area contributed by atoms with Crippen molar-refractivity contribution in [3.8, 4) is 5.75 Å². The molecule has 0 bridgehead atoms. The van der Waals surface area contributed by atoms with E-state index in [1.807, 2.05) is 23.1 Å². The molecule has 1 aromatic carbocycles. The number of rotatable bonds is 6. The van der Waals surface area contributed by atoms with Gasteiger partial charge in [-0.2, -0.15) is 0 Å². The molecule has 6 heteroatoms. The fraction of sp³-hybridized carbons (Fsp3) is 0.381. The zero-order chi connectivity index (χ0) is 19.2. The van der Waals surface area contributed by atoms with Crippen LogP contribution in [0.5, 0.6) is 5.75 Å². The van der Waals surface area contributed by atoms with E-state index in [0.29, 0.717) is 12.3 Å². The van der Waals surface area contributed by atoms with Crippen LogP contribution >= 0.6 is 11.6 Å². The normalized spacial score (nSPS) is 19.4. The Morgan fingerprint density at radius 2 is 2.15 bits per heavy atom. The van der Waals surface area contributed by atoms with Gasteiger partial charge >= 0.3 is 0 Å². The van der Waals surface area contributed by atoms with E-state index < -0.39 is 0 Å². The van der Waals surface area contributed by atoms with E-state index in [9.17, 15) is 4.79 Å². The van der Waals surface area contributed by atoms with Crippen LogP contribution in [0.1, 0.15) is 18.4 Å². The van der Waals surface area contributed by atoms with Gasteiger partial charge in [-0.15, -0.1) is 0 Å². The molecule has 2 aliphatic rings. The molecule has 1 unspecified atom stereocenters. The van der Waals surface area contributed by atoms with E-state index >= 15 is 0 Å². The number of aliphatic hydroxyl groups excluding tert-OH is 1. The van der Waals surface area contributed by atoms with E-state index in [1.54, 1.807) is 24.3 Å². The highest BCUT2D eigenvalue weighted by Gasteiger charge is 2.29. The summed E-state index contributed by atoms with van der Waals surface area (Å²) in [7, 11) is 2.05. The Labute approximate surface area is 165 Å². The Balaban J connectivity index is 1.51. The third-order valence-corrected chi connectivity index (χ3v) is 5.20. The fourth-order valence-electron chi connectivity index (χ4n) is 3.29. The van der Waals surface area contributed by atoms with Crippen molar-refractivity contribution in [1.29, 1.82) is 0 Å². The topological polar surface area (TPSA) is 53.0 Å². The molecule has 1 fully saturated rings.